The zero-order valence-corrected chi connectivity index (χ0v) is 25.2. The third kappa shape index (κ3) is 6.46. The van der Waals surface area contributed by atoms with Crippen molar-refractivity contribution in [2.45, 2.75) is 64.7 Å². The van der Waals surface area contributed by atoms with E-state index in [1.54, 1.807) is 36.4 Å². The lowest BCUT2D eigenvalue weighted by atomic mass is 9.89. The summed E-state index contributed by atoms with van der Waals surface area (Å²) in [4.78, 5) is 34.8. The minimum Gasteiger partial charge on any atom is -0.325 e. The van der Waals surface area contributed by atoms with Gasteiger partial charge in [0.25, 0.3) is 0 Å². The monoisotopic (exact) mass is 586 g/mol. The number of rotatable bonds is 4. The van der Waals surface area contributed by atoms with Crippen LogP contribution in [-0.2, 0) is 14.4 Å². The molecule has 0 aliphatic carbocycles. The molecule has 0 radical (unpaired) electrons. The van der Waals surface area contributed by atoms with Gasteiger partial charge in [-0.2, -0.15) is 15.8 Å². The van der Waals surface area contributed by atoms with Crippen LogP contribution in [0.15, 0.2) is 54.6 Å². The van der Waals surface area contributed by atoms with Gasteiger partial charge in [-0.15, -0.1) is 0 Å². The topological polar surface area (TPSA) is 159 Å². The minimum absolute atomic E-state index is 0.0299. The van der Waals surface area contributed by atoms with Crippen LogP contribution < -0.4 is 16.0 Å². The molecule has 3 aromatic carbocycles. The summed E-state index contributed by atoms with van der Waals surface area (Å²) < 4.78 is 0. The molecular weight excluding hydrogens is 552 g/mol. The number of anilines is 3. The normalized spacial score (nSPS) is 18.4. The number of hydrogen-bond donors (Lipinski definition) is 3. The van der Waals surface area contributed by atoms with E-state index in [1.165, 1.54) is 0 Å². The summed E-state index contributed by atoms with van der Waals surface area (Å²) in [5.74, 6) is 0.261. The maximum Gasteiger partial charge on any atom is 0.232 e. The average molecular weight is 587 g/mol. The number of benzene rings is 3. The van der Waals surface area contributed by atoms with Crippen LogP contribution in [0.2, 0.25) is 0 Å². The quantitative estimate of drug-likeness (QED) is 0.310. The lowest BCUT2D eigenvalue weighted by Crippen LogP contribution is -2.16. The molecule has 6 rings (SSSR count). The third-order valence-corrected chi connectivity index (χ3v) is 7.97. The first kappa shape index (κ1) is 31.5. The first-order valence-electron chi connectivity index (χ1n) is 14.7. The summed E-state index contributed by atoms with van der Waals surface area (Å²) in [5.41, 5.74) is 7.19. The molecule has 0 saturated carbocycles. The largest absolute Gasteiger partial charge is 0.325 e. The SMILES string of the molecule is CC(C)C1C(=O)Nc2cc(C#N)ccc21.CCC1C(=O)Nc2cc(C#N)ccc21.CCCC1C(=O)Nc2cc(C#N)ccc21. The molecule has 3 atom stereocenters. The van der Waals surface area contributed by atoms with E-state index in [1.807, 2.05) is 39.0 Å². The highest BCUT2D eigenvalue weighted by atomic mass is 16.2. The molecule has 3 aliphatic heterocycles. The van der Waals surface area contributed by atoms with E-state index in [9.17, 15) is 14.4 Å². The second-order valence-electron chi connectivity index (χ2n) is 11.2. The van der Waals surface area contributed by atoms with Crippen LogP contribution in [-0.4, -0.2) is 17.7 Å². The Hall–Kier alpha value is -5.46. The molecule has 0 spiro atoms. The van der Waals surface area contributed by atoms with Gasteiger partial charge in [-0.1, -0.05) is 52.3 Å². The fraction of sp³-hybridized carbons (Fsp3) is 0.314. The highest BCUT2D eigenvalue weighted by Crippen LogP contribution is 2.38. The summed E-state index contributed by atoms with van der Waals surface area (Å²) in [6.45, 7) is 8.10. The molecule has 0 fully saturated rings. The van der Waals surface area contributed by atoms with Gasteiger partial charge in [0, 0.05) is 17.1 Å². The van der Waals surface area contributed by atoms with Crippen molar-refractivity contribution < 1.29 is 14.4 Å². The Morgan fingerprint density at radius 2 is 1.05 bits per heavy atom. The molecular formula is C35H34N6O3. The summed E-state index contributed by atoms with van der Waals surface area (Å²) in [6, 6.07) is 22.3. The summed E-state index contributed by atoms with van der Waals surface area (Å²) in [5, 5.41) is 34.6. The van der Waals surface area contributed by atoms with Gasteiger partial charge in [-0.25, -0.2) is 0 Å². The number of nitrogens with one attached hydrogen (secondary N) is 3. The van der Waals surface area contributed by atoms with Crippen molar-refractivity contribution in [1.29, 1.82) is 15.8 Å². The molecule has 3 aromatic rings. The maximum atomic E-state index is 11.7. The fourth-order valence-corrected chi connectivity index (χ4v) is 5.80. The lowest BCUT2D eigenvalue weighted by molar-refractivity contribution is -0.118. The van der Waals surface area contributed by atoms with Crippen molar-refractivity contribution in [3.8, 4) is 18.2 Å². The van der Waals surface area contributed by atoms with Crippen molar-refractivity contribution >= 4 is 34.8 Å². The Labute approximate surface area is 257 Å². The third-order valence-electron chi connectivity index (χ3n) is 7.97. The summed E-state index contributed by atoms with van der Waals surface area (Å²) >= 11 is 0. The number of amides is 3. The van der Waals surface area contributed by atoms with Gasteiger partial charge in [0.15, 0.2) is 0 Å². The molecule has 3 aliphatic rings. The van der Waals surface area contributed by atoms with Gasteiger partial charge in [0.2, 0.25) is 17.7 Å². The number of nitriles is 3. The zero-order chi connectivity index (χ0) is 32.0. The minimum atomic E-state index is -0.0762. The summed E-state index contributed by atoms with van der Waals surface area (Å²) in [7, 11) is 0. The van der Waals surface area contributed by atoms with Crippen LogP contribution >= 0.6 is 0 Å². The van der Waals surface area contributed by atoms with Crippen LogP contribution in [0, 0.1) is 39.9 Å². The number of hydrogen-bond acceptors (Lipinski definition) is 6. The molecule has 3 unspecified atom stereocenters. The molecule has 0 bridgehead atoms. The lowest BCUT2D eigenvalue weighted by Gasteiger charge is -2.12. The molecule has 44 heavy (non-hydrogen) atoms. The van der Waals surface area contributed by atoms with E-state index >= 15 is 0 Å². The van der Waals surface area contributed by atoms with Crippen molar-refractivity contribution in [3.05, 3.63) is 88.0 Å². The van der Waals surface area contributed by atoms with Gasteiger partial charge in [-0.3, -0.25) is 14.4 Å². The maximum absolute atomic E-state index is 11.7. The number of nitrogens with zero attached hydrogens (tertiary/aromatic N) is 3. The predicted molar refractivity (Wildman–Crippen MR) is 168 cm³/mol. The van der Waals surface area contributed by atoms with Crippen LogP contribution in [0.5, 0.6) is 0 Å². The van der Waals surface area contributed by atoms with Crippen LogP contribution in [0.1, 0.15) is 98.1 Å². The number of carbonyl (C=O) groups is 3. The van der Waals surface area contributed by atoms with Crippen molar-refractivity contribution in [3.63, 3.8) is 0 Å². The Balaban J connectivity index is 0.000000151. The Morgan fingerprint density at radius 1 is 0.636 bits per heavy atom. The van der Waals surface area contributed by atoms with Gasteiger partial charge >= 0.3 is 0 Å². The highest BCUT2D eigenvalue weighted by Gasteiger charge is 2.33. The van der Waals surface area contributed by atoms with Gasteiger partial charge in [0.1, 0.15) is 0 Å². The smallest absolute Gasteiger partial charge is 0.232 e. The molecule has 3 N–H and O–H groups in total. The van der Waals surface area contributed by atoms with Gasteiger partial charge in [0.05, 0.1) is 52.7 Å². The standard InChI is InChI=1S/2C12H12N2O.C11H10N2O/c1-7(2)11-9-4-3-8(6-13)5-10(9)14-12(11)15;1-2-3-10-9-5-4-8(7-13)6-11(9)14-12(10)15;1-2-8-9-4-3-7(6-12)5-10(9)13-11(8)14/h3-5,7,11H,1-2H3,(H,14,15);4-6,10H,2-3H2,1H3,(H,14,15);3-5,8H,2H2,1H3,(H,13,14). The van der Waals surface area contributed by atoms with Crippen LogP contribution in [0.4, 0.5) is 17.1 Å². The Morgan fingerprint density at radius 3 is 1.48 bits per heavy atom. The average Bonchev–Trinajstić information content (AvgIpc) is 3.64. The first-order valence-corrected chi connectivity index (χ1v) is 14.7. The molecule has 3 amide bonds. The van der Waals surface area contributed by atoms with Gasteiger partial charge < -0.3 is 16.0 Å². The zero-order valence-electron chi connectivity index (χ0n) is 25.2. The van der Waals surface area contributed by atoms with E-state index < -0.39 is 0 Å². The Bertz CT molecular complexity index is 1740. The summed E-state index contributed by atoms with van der Waals surface area (Å²) in [6.07, 6.45) is 2.65. The Kier molecular flexibility index (Phi) is 9.78. The van der Waals surface area contributed by atoms with Crippen LogP contribution in [0.25, 0.3) is 0 Å². The molecule has 9 nitrogen and oxygen atoms in total. The number of carbonyl (C=O) groups excluding carboxylic acids is 3. The van der Waals surface area contributed by atoms with E-state index in [0.717, 1.165) is 53.0 Å². The van der Waals surface area contributed by atoms with Crippen molar-refractivity contribution in [2.75, 3.05) is 16.0 Å². The molecule has 0 aromatic heterocycles. The van der Waals surface area contributed by atoms with E-state index in [4.69, 9.17) is 15.8 Å². The van der Waals surface area contributed by atoms with E-state index in [2.05, 4.69) is 41.1 Å². The van der Waals surface area contributed by atoms with Crippen molar-refractivity contribution in [2.24, 2.45) is 5.92 Å². The highest BCUT2D eigenvalue weighted by molar-refractivity contribution is 6.04. The number of fused-ring (bicyclic) bond motifs is 3. The van der Waals surface area contributed by atoms with Crippen molar-refractivity contribution in [1.82, 2.24) is 0 Å². The second kappa shape index (κ2) is 13.7. The van der Waals surface area contributed by atoms with Gasteiger partial charge in [-0.05, 0) is 71.8 Å². The fourth-order valence-electron chi connectivity index (χ4n) is 5.80. The van der Waals surface area contributed by atoms with E-state index in [0.29, 0.717) is 16.7 Å². The molecule has 3 heterocycles. The molecule has 222 valence electrons. The molecule has 0 saturated heterocycles. The van der Waals surface area contributed by atoms with Crippen LogP contribution in [0.3, 0.4) is 0 Å². The predicted octanol–water partition coefficient (Wildman–Crippen LogP) is 6.65. The second-order valence-corrected chi connectivity index (χ2v) is 11.2. The first-order chi connectivity index (χ1) is 21.1. The van der Waals surface area contributed by atoms with E-state index in [-0.39, 0.29) is 41.4 Å². The molecule has 9 heteroatoms.